The van der Waals surface area contributed by atoms with Crippen molar-refractivity contribution < 1.29 is 28.6 Å². The largest absolute Gasteiger partial charge is 0.462 e. The Bertz CT molecular complexity index is 1390. The van der Waals surface area contributed by atoms with Crippen molar-refractivity contribution in [2.24, 2.45) is 0 Å². The Hall–Kier alpha value is -2.89. The molecule has 0 radical (unpaired) electrons. The standard InChI is InChI=1S/C72H130O6/c1-4-7-10-13-16-19-22-24-26-28-30-32-34-35-36-37-39-40-42-44-46-48-50-53-56-59-62-65-71(74)77-68-69(67-76-70(73)64-61-58-55-52-21-18-15-12-9-6-3)78-72(75)66-63-60-57-54-51-49-47-45-43-41-38-33-31-29-27-25-23-20-17-14-11-8-5-2/h22-25,28-31,38,41,69H,4-21,26-27,32-37,39-40,42-68H2,1-3H3/b24-22-,25-23-,30-28-,31-29-,41-38-. The first-order valence-corrected chi connectivity index (χ1v) is 34.3. The van der Waals surface area contributed by atoms with Gasteiger partial charge < -0.3 is 14.2 Å². The van der Waals surface area contributed by atoms with Crippen LogP contribution in [0.2, 0.25) is 0 Å². The second-order valence-corrected chi connectivity index (χ2v) is 23.1. The van der Waals surface area contributed by atoms with Crippen molar-refractivity contribution in [1.29, 1.82) is 0 Å². The fourth-order valence-electron chi connectivity index (χ4n) is 10.1. The van der Waals surface area contributed by atoms with Crippen LogP contribution >= 0.6 is 0 Å². The third-order valence-electron chi connectivity index (χ3n) is 15.2. The van der Waals surface area contributed by atoms with Gasteiger partial charge in [0.15, 0.2) is 6.10 Å². The number of unbranched alkanes of at least 4 members (excludes halogenated alkanes) is 42. The Morgan fingerprint density at radius 2 is 0.462 bits per heavy atom. The van der Waals surface area contributed by atoms with Gasteiger partial charge in [-0.3, -0.25) is 14.4 Å². The molecule has 0 fully saturated rings. The first kappa shape index (κ1) is 75.1. The van der Waals surface area contributed by atoms with Crippen LogP contribution in [0.15, 0.2) is 60.8 Å². The molecule has 0 heterocycles. The molecule has 78 heavy (non-hydrogen) atoms. The van der Waals surface area contributed by atoms with Gasteiger partial charge in [0.25, 0.3) is 0 Å². The minimum atomic E-state index is -0.777. The minimum absolute atomic E-state index is 0.0734. The second-order valence-electron chi connectivity index (χ2n) is 23.1. The van der Waals surface area contributed by atoms with Crippen molar-refractivity contribution >= 4 is 17.9 Å². The summed E-state index contributed by atoms with van der Waals surface area (Å²) in [5.41, 5.74) is 0. The monoisotopic (exact) mass is 1090 g/mol. The molecule has 0 spiro atoms. The molecule has 6 nitrogen and oxygen atoms in total. The van der Waals surface area contributed by atoms with E-state index in [-0.39, 0.29) is 31.1 Å². The van der Waals surface area contributed by atoms with Gasteiger partial charge >= 0.3 is 17.9 Å². The molecule has 0 aromatic carbocycles. The molecular weight excluding hydrogens is 961 g/mol. The van der Waals surface area contributed by atoms with Crippen molar-refractivity contribution in [3.05, 3.63) is 60.8 Å². The van der Waals surface area contributed by atoms with Crippen molar-refractivity contribution in [3.8, 4) is 0 Å². The summed E-state index contributed by atoms with van der Waals surface area (Å²) in [5.74, 6) is -0.862. The smallest absolute Gasteiger partial charge is 0.306 e. The van der Waals surface area contributed by atoms with Crippen molar-refractivity contribution in [2.75, 3.05) is 13.2 Å². The lowest BCUT2D eigenvalue weighted by Crippen LogP contribution is -2.30. The number of esters is 3. The number of ether oxygens (including phenoxy) is 3. The van der Waals surface area contributed by atoms with E-state index < -0.39 is 6.10 Å². The number of allylic oxidation sites excluding steroid dienone is 10. The Morgan fingerprint density at radius 3 is 0.718 bits per heavy atom. The highest BCUT2D eigenvalue weighted by Gasteiger charge is 2.19. The van der Waals surface area contributed by atoms with Gasteiger partial charge in [-0.1, -0.05) is 313 Å². The predicted octanol–water partition coefficient (Wildman–Crippen LogP) is 23.5. The van der Waals surface area contributed by atoms with Gasteiger partial charge in [-0.15, -0.1) is 0 Å². The van der Waals surface area contributed by atoms with Gasteiger partial charge in [0.2, 0.25) is 0 Å². The molecule has 0 saturated carbocycles. The van der Waals surface area contributed by atoms with Crippen LogP contribution in [0.1, 0.15) is 361 Å². The first-order valence-electron chi connectivity index (χ1n) is 34.3. The van der Waals surface area contributed by atoms with E-state index in [1.54, 1.807) is 0 Å². The van der Waals surface area contributed by atoms with Gasteiger partial charge in [-0.05, 0) is 89.9 Å². The van der Waals surface area contributed by atoms with Gasteiger partial charge in [0, 0.05) is 19.3 Å². The molecule has 0 aliphatic rings. The third-order valence-corrected chi connectivity index (χ3v) is 15.2. The number of rotatable bonds is 63. The zero-order valence-electron chi connectivity index (χ0n) is 52.2. The zero-order valence-corrected chi connectivity index (χ0v) is 52.2. The third kappa shape index (κ3) is 63.9. The van der Waals surface area contributed by atoms with Crippen LogP contribution in [0, 0.1) is 0 Å². The van der Waals surface area contributed by atoms with E-state index in [4.69, 9.17) is 14.2 Å². The molecule has 0 aromatic heterocycles. The summed E-state index contributed by atoms with van der Waals surface area (Å²) >= 11 is 0. The topological polar surface area (TPSA) is 78.9 Å². The summed E-state index contributed by atoms with van der Waals surface area (Å²) in [5, 5.41) is 0. The Kier molecular flexibility index (Phi) is 64.2. The summed E-state index contributed by atoms with van der Waals surface area (Å²) in [6.07, 6.45) is 85.3. The SMILES string of the molecule is CCCCCCC/C=C\C/C=C\C/C=C\CCCCCCCCCCC(=O)OC(COC(=O)CCCCCCCCCCCC)COC(=O)CCCCCCCCCCCCCCCCC/C=C\C/C=C\CCCCCCC. The molecule has 1 unspecified atom stereocenters. The molecule has 454 valence electrons. The summed E-state index contributed by atoms with van der Waals surface area (Å²) in [6, 6.07) is 0. The van der Waals surface area contributed by atoms with Crippen LogP contribution in [0.3, 0.4) is 0 Å². The van der Waals surface area contributed by atoms with Gasteiger partial charge in [0.05, 0.1) is 0 Å². The van der Waals surface area contributed by atoms with Gasteiger partial charge in [0.1, 0.15) is 13.2 Å². The molecule has 0 N–H and O–H groups in total. The van der Waals surface area contributed by atoms with E-state index in [1.807, 2.05) is 0 Å². The normalized spacial score (nSPS) is 12.4. The van der Waals surface area contributed by atoms with Crippen molar-refractivity contribution in [3.63, 3.8) is 0 Å². The minimum Gasteiger partial charge on any atom is -0.462 e. The number of hydrogen-bond donors (Lipinski definition) is 0. The molecule has 0 amide bonds. The van der Waals surface area contributed by atoms with Crippen molar-refractivity contribution in [2.45, 2.75) is 367 Å². The molecule has 0 aliphatic carbocycles. The maximum absolute atomic E-state index is 12.9. The molecular formula is C72H130O6. The summed E-state index contributed by atoms with van der Waals surface area (Å²) in [6.45, 7) is 6.65. The van der Waals surface area contributed by atoms with E-state index in [2.05, 4.69) is 81.5 Å². The number of carbonyl (C=O) groups is 3. The van der Waals surface area contributed by atoms with Crippen LogP contribution in [-0.4, -0.2) is 37.2 Å². The molecule has 0 saturated heterocycles. The Labute approximate surface area is 485 Å². The summed E-state index contributed by atoms with van der Waals surface area (Å²) in [4.78, 5) is 38.3. The highest BCUT2D eigenvalue weighted by molar-refractivity contribution is 5.71. The maximum atomic E-state index is 12.9. The quantitative estimate of drug-likeness (QED) is 0.0261. The molecule has 0 rings (SSSR count). The average molecular weight is 1090 g/mol. The molecule has 0 aromatic rings. The van der Waals surface area contributed by atoms with E-state index >= 15 is 0 Å². The first-order chi connectivity index (χ1) is 38.5. The maximum Gasteiger partial charge on any atom is 0.306 e. The van der Waals surface area contributed by atoms with Crippen molar-refractivity contribution in [1.82, 2.24) is 0 Å². The predicted molar refractivity (Wildman–Crippen MR) is 339 cm³/mol. The zero-order chi connectivity index (χ0) is 56.4. The fourth-order valence-corrected chi connectivity index (χ4v) is 10.1. The van der Waals surface area contributed by atoms with Crippen LogP contribution in [0.5, 0.6) is 0 Å². The van der Waals surface area contributed by atoms with E-state index in [9.17, 15) is 14.4 Å². The van der Waals surface area contributed by atoms with Crippen LogP contribution < -0.4 is 0 Å². The van der Waals surface area contributed by atoms with E-state index in [1.165, 1.54) is 238 Å². The van der Waals surface area contributed by atoms with Crippen LogP contribution in [-0.2, 0) is 28.6 Å². The van der Waals surface area contributed by atoms with Crippen LogP contribution in [0.4, 0.5) is 0 Å². The number of hydrogen-bond acceptors (Lipinski definition) is 6. The van der Waals surface area contributed by atoms with Crippen LogP contribution in [0.25, 0.3) is 0 Å². The lowest BCUT2D eigenvalue weighted by Gasteiger charge is -2.18. The number of carbonyl (C=O) groups excluding carboxylic acids is 3. The lowest BCUT2D eigenvalue weighted by atomic mass is 10.0. The molecule has 0 bridgehead atoms. The molecule has 6 heteroatoms. The highest BCUT2D eigenvalue weighted by Crippen LogP contribution is 2.17. The highest BCUT2D eigenvalue weighted by atomic mass is 16.6. The molecule has 1 atom stereocenters. The second kappa shape index (κ2) is 66.6. The van der Waals surface area contributed by atoms with E-state index in [0.29, 0.717) is 19.3 Å². The van der Waals surface area contributed by atoms with Gasteiger partial charge in [-0.25, -0.2) is 0 Å². The lowest BCUT2D eigenvalue weighted by molar-refractivity contribution is -0.167. The molecule has 0 aliphatic heterocycles. The summed E-state index contributed by atoms with van der Waals surface area (Å²) in [7, 11) is 0. The summed E-state index contributed by atoms with van der Waals surface area (Å²) < 4.78 is 16.9. The van der Waals surface area contributed by atoms with Gasteiger partial charge in [-0.2, -0.15) is 0 Å². The van der Waals surface area contributed by atoms with E-state index in [0.717, 1.165) is 83.5 Å². The fraction of sp³-hybridized carbons (Fsp3) is 0.819. The Morgan fingerprint density at radius 1 is 0.256 bits per heavy atom. The Balaban J connectivity index is 4.20. The average Bonchev–Trinajstić information content (AvgIpc) is 3.44.